The number of nitrogens with one attached hydrogen (secondary N) is 2. The van der Waals surface area contributed by atoms with E-state index in [1.54, 1.807) is 6.07 Å². The molecule has 27 heavy (non-hydrogen) atoms. The second kappa shape index (κ2) is 9.00. The van der Waals surface area contributed by atoms with Gasteiger partial charge in [0, 0.05) is 5.69 Å². The third-order valence-electron chi connectivity index (χ3n) is 5.45. The summed E-state index contributed by atoms with van der Waals surface area (Å²) in [6.45, 7) is 7.99. The number of carbonyl (C=O) groups excluding carboxylic acids is 1. The first kappa shape index (κ1) is 19.4. The van der Waals surface area contributed by atoms with E-state index in [9.17, 15) is 9.18 Å². The molecule has 1 fully saturated rings. The second-order valence-corrected chi connectivity index (χ2v) is 7.34. The van der Waals surface area contributed by atoms with Crippen LogP contribution in [0.15, 0.2) is 48.5 Å². The van der Waals surface area contributed by atoms with Crippen molar-refractivity contribution in [3.8, 4) is 0 Å². The maximum Gasteiger partial charge on any atom is 0.279 e. The summed E-state index contributed by atoms with van der Waals surface area (Å²) in [7, 11) is 0. The minimum Gasteiger partial charge on any atom is -0.358 e. The van der Waals surface area contributed by atoms with E-state index in [0.29, 0.717) is 18.2 Å². The summed E-state index contributed by atoms with van der Waals surface area (Å²) in [6.07, 6.45) is 1.11. The highest BCUT2D eigenvalue weighted by molar-refractivity contribution is 5.91. The fourth-order valence-corrected chi connectivity index (χ4v) is 3.51. The minimum absolute atomic E-state index is 0.0284. The minimum atomic E-state index is -0.181. The highest BCUT2D eigenvalue weighted by Crippen LogP contribution is 2.20. The molecule has 0 aromatic heterocycles. The molecule has 1 aliphatic rings. The lowest BCUT2D eigenvalue weighted by Crippen LogP contribution is -3.15. The molecule has 4 nitrogen and oxygen atoms in total. The number of piperazine rings is 1. The Morgan fingerprint density at radius 2 is 1.81 bits per heavy atom. The van der Waals surface area contributed by atoms with Crippen LogP contribution < -0.4 is 15.1 Å². The number of amides is 1. The molecule has 0 spiro atoms. The van der Waals surface area contributed by atoms with E-state index in [0.717, 1.165) is 38.3 Å². The lowest BCUT2D eigenvalue weighted by atomic mass is 9.99. The third kappa shape index (κ3) is 5.07. The molecule has 0 bridgehead atoms. The molecule has 0 unspecified atom stereocenters. The van der Waals surface area contributed by atoms with Gasteiger partial charge in [0.25, 0.3) is 5.91 Å². The lowest BCUT2D eigenvalue weighted by molar-refractivity contribution is -0.892. The average molecular weight is 370 g/mol. The Kier molecular flexibility index (Phi) is 6.45. The van der Waals surface area contributed by atoms with Crippen molar-refractivity contribution in [3.63, 3.8) is 0 Å². The molecule has 5 heteroatoms. The molecule has 0 radical (unpaired) electrons. The molecular weight excluding hydrogens is 341 g/mol. The Bertz CT molecular complexity index is 754. The Labute approximate surface area is 161 Å². The average Bonchev–Trinajstić information content (AvgIpc) is 2.69. The van der Waals surface area contributed by atoms with Crippen LogP contribution in [0.5, 0.6) is 0 Å². The van der Waals surface area contributed by atoms with Crippen molar-refractivity contribution < 1.29 is 14.1 Å². The highest BCUT2D eigenvalue weighted by atomic mass is 19.1. The number of para-hydroxylation sites is 1. The van der Waals surface area contributed by atoms with Crippen molar-refractivity contribution in [1.29, 1.82) is 0 Å². The topological polar surface area (TPSA) is 36.8 Å². The zero-order chi connectivity index (χ0) is 19.2. The van der Waals surface area contributed by atoms with E-state index in [2.05, 4.69) is 36.2 Å². The van der Waals surface area contributed by atoms with Crippen LogP contribution >= 0.6 is 0 Å². The highest BCUT2D eigenvalue weighted by Gasteiger charge is 2.23. The van der Waals surface area contributed by atoms with Gasteiger partial charge in [0.1, 0.15) is 5.82 Å². The number of hydrogen-bond donors (Lipinski definition) is 2. The molecule has 3 rings (SSSR count). The zero-order valence-corrected chi connectivity index (χ0v) is 16.2. The van der Waals surface area contributed by atoms with Crippen LogP contribution in [0.1, 0.15) is 31.7 Å². The quantitative estimate of drug-likeness (QED) is 0.820. The smallest absolute Gasteiger partial charge is 0.279 e. The summed E-state index contributed by atoms with van der Waals surface area (Å²) >= 11 is 0. The van der Waals surface area contributed by atoms with Crippen LogP contribution in [0.3, 0.4) is 0 Å². The molecule has 0 saturated carbocycles. The number of rotatable bonds is 6. The van der Waals surface area contributed by atoms with E-state index in [-0.39, 0.29) is 11.7 Å². The van der Waals surface area contributed by atoms with Gasteiger partial charge in [0.15, 0.2) is 6.54 Å². The van der Waals surface area contributed by atoms with Gasteiger partial charge in [-0.25, -0.2) is 4.39 Å². The molecule has 2 aromatic rings. The Morgan fingerprint density at radius 1 is 1.15 bits per heavy atom. The normalized spacial score (nSPS) is 16.2. The summed E-state index contributed by atoms with van der Waals surface area (Å²) in [4.78, 5) is 15.6. The summed E-state index contributed by atoms with van der Waals surface area (Å²) < 4.78 is 13.9. The first-order chi connectivity index (χ1) is 13.1. The predicted octanol–water partition coefficient (Wildman–Crippen LogP) is 2.68. The van der Waals surface area contributed by atoms with E-state index < -0.39 is 0 Å². The van der Waals surface area contributed by atoms with Crippen LogP contribution in [-0.2, 0) is 4.79 Å². The number of anilines is 2. The summed E-state index contributed by atoms with van der Waals surface area (Å²) in [5.41, 5.74) is 2.80. The van der Waals surface area contributed by atoms with Gasteiger partial charge in [0.05, 0.1) is 31.9 Å². The van der Waals surface area contributed by atoms with Gasteiger partial charge >= 0.3 is 0 Å². The Balaban J connectivity index is 1.47. The first-order valence-corrected chi connectivity index (χ1v) is 9.79. The molecule has 1 saturated heterocycles. The Morgan fingerprint density at radius 3 is 2.44 bits per heavy atom. The number of nitrogens with zero attached hydrogens (tertiary/aromatic N) is 1. The van der Waals surface area contributed by atoms with Crippen LogP contribution in [0.25, 0.3) is 0 Å². The van der Waals surface area contributed by atoms with Gasteiger partial charge in [0.2, 0.25) is 0 Å². The summed E-state index contributed by atoms with van der Waals surface area (Å²) in [5, 5.41) is 2.99. The van der Waals surface area contributed by atoms with Crippen molar-refractivity contribution in [2.75, 3.05) is 42.9 Å². The molecule has 1 aliphatic heterocycles. The number of quaternary nitrogens is 1. The van der Waals surface area contributed by atoms with Gasteiger partial charge in [-0.1, -0.05) is 38.1 Å². The second-order valence-electron chi connectivity index (χ2n) is 7.34. The fraction of sp³-hybridized carbons (Fsp3) is 0.409. The van der Waals surface area contributed by atoms with Gasteiger partial charge in [-0.05, 0) is 42.2 Å². The zero-order valence-electron chi connectivity index (χ0n) is 16.2. The van der Waals surface area contributed by atoms with Crippen LogP contribution in [0.2, 0.25) is 0 Å². The predicted molar refractivity (Wildman–Crippen MR) is 108 cm³/mol. The van der Waals surface area contributed by atoms with E-state index in [1.807, 2.05) is 24.3 Å². The van der Waals surface area contributed by atoms with Gasteiger partial charge in [-0.3, -0.25) is 4.79 Å². The van der Waals surface area contributed by atoms with Crippen LogP contribution in [0, 0.1) is 5.82 Å². The molecule has 2 aromatic carbocycles. The maximum atomic E-state index is 13.9. The van der Waals surface area contributed by atoms with Gasteiger partial charge in [-0.15, -0.1) is 0 Å². The largest absolute Gasteiger partial charge is 0.358 e. The molecular formula is C22H29FN3O+. The number of carbonyl (C=O) groups is 1. The molecule has 2 N–H and O–H groups in total. The van der Waals surface area contributed by atoms with Crippen molar-refractivity contribution in [2.24, 2.45) is 0 Å². The van der Waals surface area contributed by atoms with Crippen molar-refractivity contribution >= 4 is 17.3 Å². The van der Waals surface area contributed by atoms with E-state index in [1.165, 1.54) is 16.5 Å². The number of halogens is 1. The van der Waals surface area contributed by atoms with E-state index >= 15 is 0 Å². The molecule has 1 amide bonds. The van der Waals surface area contributed by atoms with Crippen LogP contribution in [0.4, 0.5) is 15.8 Å². The Hall–Kier alpha value is -2.40. The standard InChI is InChI=1S/C22H28FN3O/c1-3-17(2)18-8-10-19(11-9-18)24-22(27)16-25-12-14-26(15-13-25)21-7-5-4-6-20(21)23/h4-11,17H,3,12-16H2,1-2H3,(H,24,27)/p+1/t17-/m1/s1. The maximum absolute atomic E-state index is 13.9. The third-order valence-corrected chi connectivity index (χ3v) is 5.45. The fourth-order valence-electron chi connectivity index (χ4n) is 3.51. The first-order valence-electron chi connectivity index (χ1n) is 9.79. The summed E-state index contributed by atoms with van der Waals surface area (Å²) in [5.74, 6) is 0.380. The molecule has 1 atom stereocenters. The van der Waals surface area contributed by atoms with Crippen molar-refractivity contribution in [1.82, 2.24) is 0 Å². The van der Waals surface area contributed by atoms with Crippen molar-refractivity contribution in [3.05, 3.63) is 59.9 Å². The van der Waals surface area contributed by atoms with E-state index in [4.69, 9.17) is 0 Å². The van der Waals surface area contributed by atoms with Crippen molar-refractivity contribution in [2.45, 2.75) is 26.2 Å². The lowest BCUT2D eigenvalue weighted by Gasteiger charge is -2.33. The number of benzene rings is 2. The monoisotopic (exact) mass is 370 g/mol. The summed E-state index contributed by atoms with van der Waals surface area (Å²) in [6, 6.07) is 15.0. The molecule has 144 valence electrons. The van der Waals surface area contributed by atoms with Crippen LogP contribution in [-0.4, -0.2) is 38.6 Å². The number of hydrogen-bond acceptors (Lipinski definition) is 2. The van der Waals surface area contributed by atoms with Gasteiger partial charge in [-0.2, -0.15) is 0 Å². The SMILES string of the molecule is CC[C@@H](C)c1ccc(NC(=O)C[NH+]2CCN(c3ccccc3F)CC2)cc1. The molecule has 1 heterocycles. The van der Waals surface area contributed by atoms with Gasteiger partial charge < -0.3 is 15.1 Å². The molecule has 0 aliphatic carbocycles.